The number of rotatable bonds is 4. The van der Waals surface area contributed by atoms with Crippen LogP contribution in [0.25, 0.3) is 20.8 Å². The van der Waals surface area contributed by atoms with Gasteiger partial charge in [-0.05, 0) is 30.7 Å². The number of hydrogen-bond donors (Lipinski definition) is 0. The molecule has 2 atom stereocenters. The maximum atomic E-state index is 12.7. The third kappa shape index (κ3) is 3.25. The monoisotopic (exact) mass is 415 g/mol. The second kappa shape index (κ2) is 7.39. The minimum Gasteiger partial charge on any atom is -0.420 e. The highest BCUT2D eigenvalue weighted by Gasteiger charge is 2.34. The number of thiazole rings is 1. The standard InChI is InChI=1S/C24H17NO4S/c1-14(22(26)28-24-18-10-6-5-9-17(18)23(27)29-24)16-11-12-20-19(13-16)25-21(30-20)15-7-3-2-4-8-15/h2-14,24H,1H3. The van der Waals surface area contributed by atoms with Crippen LogP contribution in [0.1, 0.15) is 40.6 Å². The van der Waals surface area contributed by atoms with Crippen LogP contribution in [-0.4, -0.2) is 16.9 Å². The summed E-state index contributed by atoms with van der Waals surface area (Å²) in [7, 11) is 0. The molecule has 0 spiro atoms. The molecule has 0 N–H and O–H groups in total. The van der Waals surface area contributed by atoms with Gasteiger partial charge in [-0.3, -0.25) is 4.79 Å². The van der Waals surface area contributed by atoms with Gasteiger partial charge in [0.25, 0.3) is 6.29 Å². The molecule has 5 nitrogen and oxygen atoms in total. The van der Waals surface area contributed by atoms with Gasteiger partial charge < -0.3 is 9.47 Å². The number of benzene rings is 3. The molecule has 6 heteroatoms. The lowest BCUT2D eigenvalue weighted by molar-refractivity contribution is -0.169. The zero-order chi connectivity index (χ0) is 20.7. The smallest absolute Gasteiger partial charge is 0.342 e. The van der Waals surface area contributed by atoms with E-state index in [1.807, 2.05) is 48.5 Å². The Morgan fingerprint density at radius 1 is 1.07 bits per heavy atom. The van der Waals surface area contributed by atoms with Crippen LogP contribution in [0.3, 0.4) is 0 Å². The normalized spacial score (nSPS) is 16.2. The zero-order valence-corrected chi connectivity index (χ0v) is 16.9. The van der Waals surface area contributed by atoms with Crippen molar-refractivity contribution in [3.63, 3.8) is 0 Å². The number of esters is 2. The number of carbonyl (C=O) groups is 2. The van der Waals surface area contributed by atoms with Crippen LogP contribution in [0.15, 0.2) is 72.8 Å². The van der Waals surface area contributed by atoms with E-state index in [4.69, 9.17) is 14.5 Å². The van der Waals surface area contributed by atoms with Crippen molar-refractivity contribution in [2.24, 2.45) is 0 Å². The van der Waals surface area contributed by atoms with Crippen molar-refractivity contribution in [1.82, 2.24) is 4.98 Å². The summed E-state index contributed by atoms with van der Waals surface area (Å²) in [5.74, 6) is -1.46. The lowest BCUT2D eigenvalue weighted by atomic mass is 10.0. The molecule has 3 aromatic carbocycles. The fraction of sp³-hybridized carbons (Fsp3) is 0.125. The molecule has 1 aliphatic rings. The number of aromatic nitrogens is 1. The number of ether oxygens (including phenoxy) is 2. The molecular weight excluding hydrogens is 398 g/mol. The van der Waals surface area contributed by atoms with Crippen LogP contribution in [0.2, 0.25) is 0 Å². The van der Waals surface area contributed by atoms with Gasteiger partial charge in [-0.1, -0.05) is 54.6 Å². The van der Waals surface area contributed by atoms with Crippen LogP contribution in [-0.2, 0) is 14.3 Å². The van der Waals surface area contributed by atoms with Crippen molar-refractivity contribution in [3.05, 3.63) is 89.5 Å². The molecule has 2 unspecified atom stereocenters. The Kier molecular flexibility index (Phi) is 4.56. The molecule has 0 saturated heterocycles. The van der Waals surface area contributed by atoms with Gasteiger partial charge in [-0.2, -0.15) is 0 Å². The van der Waals surface area contributed by atoms with Crippen LogP contribution in [0.5, 0.6) is 0 Å². The molecule has 0 bridgehead atoms. The molecule has 0 radical (unpaired) electrons. The summed E-state index contributed by atoms with van der Waals surface area (Å²) in [6.07, 6.45) is -1.00. The summed E-state index contributed by atoms with van der Waals surface area (Å²) < 4.78 is 11.8. The van der Waals surface area contributed by atoms with Gasteiger partial charge in [-0.15, -0.1) is 11.3 Å². The number of nitrogens with zero attached hydrogens (tertiary/aromatic N) is 1. The van der Waals surface area contributed by atoms with E-state index in [1.54, 1.807) is 42.5 Å². The summed E-state index contributed by atoms with van der Waals surface area (Å²) >= 11 is 1.61. The van der Waals surface area contributed by atoms with E-state index in [-0.39, 0.29) is 0 Å². The van der Waals surface area contributed by atoms with Crippen LogP contribution in [0.4, 0.5) is 0 Å². The molecule has 2 heterocycles. The number of fused-ring (bicyclic) bond motifs is 2. The van der Waals surface area contributed by atoms with Gasteiger partial charge in [-0.25, -0.2) is 9.78 Å². The lowest BCUT2D eigenvalue weighted by Crippen LogP contribution is -2.17. The third-order valence-electron chi connectivity index (χ3n) is 5.16. The average Bonchev–Trinajstić information content (AvgIpc) is 3.35. The maximum absolute atomic E-state index is 12.7. The minimum atomic E-state index is -1.00. The van der Waals surface area contributed by atoms with Crippen molar-refractivity contribution in [1.29, 1.82) is 0 Å². The highest BCUT2D eigenvalue weighted by Crippen LogP contribution is 2.34. The molecule has 0 fully saturated rings. The molecular formula is C24H17NO4S. The Balaban J connectivity index is 1.37. The first-order valence-corrected chi connectivity index (χ1v) is 10.4. The topological polar surface area (TPSA) is 65.5 Å². The first-order chi connectivity index (χ1) is 14.6. The first-order valence-electron chi connectivity index (χ1n) is 9.56. The van der Waals surface area contributed by atoms with Crippen LogP contribution in [0, 0.1) is 0 Å². The average molecular weight is 415 g/mol. The Morgan fingerprint density at radius 2 is 1.83 bits per heavy atom. The Morgan fingerprint density at radius 3 is 2.67 bits per heavy atom. The van der Waals surface area contributed by atoms with Crippen molar-refractivity contribution in [2.75, 3.05) is 0 Å². The summed E-state index contributed by atoms with van der Waals surface area (Å²) in [6, 6.07) is 22.7. The lowest BCUT2D eigenvalue weighted by Gasteiger charge is -2.16. The molecule has 148 valence electrons. The van der Waals surface area contributed by atoms with Gasteiger partial charge in [0.2, 0.25) is 0 Å². The zero-order valence-electron chi connectivity index (χ0n) is 16.1. The third-order valence-corrected chi connectivity index (χ3v) is 6.24. The van der Waals surface area contributed by atoms with Crippen LogP contribution >= 0.6 is 11.3 Å². The molecule has 0 saturated carbocycles. The van der Waals surface area contributed by atoms with Crippen LogP contribution < -0.4 is 0 Å². The molecule has 4 aromatic rings. The largest absolute Gasteiger partial charge is 0.420 e. The quantitative estimate of drug-likeness (QED) is 0.413. The van der Waals surface area contributed by atoms with E-state index < -0.39 is 24.1 Å². The van der Waals surface area contributed by atoms with Crippen molar-refractivity contribution < 1.29 is 19.1 Å². The Bertz CT molecular complexity index is 1260. The molecule has 0 aliphatic carbocycles. The van der Waals surface area contributed by atoms with E-state index in [1.165, 1.54) is 0 Å². The van der Waals surface area contributed by atoms with Gasteiger partial charge in [0.05, 0.1) is 21.7 Å². The van der Waals surface area contributed by atoms with E-state index in [0.717, 1.165) is 26.4 Å². The SMILES string of the molecule is CC(C(=O)OC1OC(=O)c2ccccc21)c1ccc2sc(-c3ccccc3)nc2c1. The van der Waals surface area contributed by atoms with E-state index in [9.17, 15) is 9.59 Å². The van der Waals surface area contributed by atoms with Gasteiger partial charge in [0.15, 0.2) is 0 Å². The first kappa shape index (κ1) is 18.5. The van der Waals surface area contributed by atoms with Gasteiger partial charge in [0, 0.05) is 11.1 Å². The van der Waals surface area contributed by atoms with Gasteiger partial charge >= 0.3 is 11.9 Å². The van der Waals surface area contributed by atoms with E-state index >= 15 is 0 Å². The highest BCUT2D eigenvalue weighted by molar-refractivity contribution is 7.21. The second-order valence-corrected chi connectivity index (χ2v) is 8.13. The number of cyclic esters (lactones) is 1. The summed E-state index contributed by atoms with van der Waals surface area (Å²) in [6.45, 7) is 1.77. The summed E-state index contributed by atoms with van der Waals surface area (Å²) in [5, 5.41) is 0.937. The Labute approximate surface area is 176 Å². The predicted octanol–water partition coefficient (Wildman–Crippen LogP) is 5.48. The van der Waals surface area contributed by atoms with Crippen molar-refractivity contribution in [2.45, 2.75) is 19.1 Å². The van der Waals surface area contributed by atoms with E-state index in [0.29, 0.717) is 11.1 Å². The molecule has 1 aliphatic heterocycles. The number of hydrogen-bond acceptors (Lipinski definition) is 6. The van der Waals surface area contributed by atoms with E-state index in [2.05, 4.69) is 0 Å². The van der Waals surface area contributed by atoms with Crippen molar-refractivity contribution >= 4 is 33.5 Å². The fourth-order valence-electron chi connectivity index (χ4n) is 3.46. The Hall–Kier alpha value is -3.51. The van der Waals surface area contributed by atoms with Crippen molar-refractivity contribution in [3.8, 4) is 10.6 Å². The molecule has 5 rings (SSSR count). The fourth-order valence-corrected chi connectivity index (χ4v) is 4.41. The summed E-state index contributed by atoms with van der Waals surface area (Å²) in [4.78, 5) is 29.4. The second-order valence-electron chi connectivity index (χ2n) is 7.10. The number of carbonyl (C=O) groups excluding carboxylic acids is 2. The molecule has 30 heavy (non-hydrogen) atoms. The molecule has 0 amide bonds. The predicted molar refractivity (Wildman–Crippen MR) is 114 cm³/mol. The minimum absolute atomic E-state index is 0.431. The molecule has 1 aromatic heterocycles. The maximum Gasteiger partial charge on any atom is 0.342 e. The summed E-state index contributed by atoms with van der Waals surface area (Å²) in [5.41, 5.74) is 3.71. The highest BCUT2D eigenvalue weighted by atomic mass is 32.1. The van der Waals surface area contributed by atoms with Gasteiger partial charge in [0.1, 0.15) is 5.01 Å².